The van der Waals surface area contributed by atoms with Crippen molar-refractivity contribution in [3.63, 3.8) is 0 Å². The maximum atomic E-state index is 11.7. The molecule has 0 atom stereocenters. The normalized spacial score (nSPS) is 11.1. The average molecular weight is 269 g/mol. The van der Waals surface area contributed by atoms with Gasteiger partial charge in [0.15, 0.2) is 9.84 Å². The Morgan fingerprint density at radius 2 is 2.18 bits per heavy atom. The van der Waals surface area contributed by atoms with Crippen LogP contribution < -0.4 is 0 Å². The number of hydrogen-bond acceptors (Lipinski definition) is 4. The quantitative estimate of drug-likeness (QED) is 0.588. The van der Waals surface area contributed by atoms with Crippen LogP contribution in [0.1, 0.15) is 18.9 Å². The molecule has 0 aliphatic heterocycles. The van der Waals surface area contributed by atoms with E-state index in [1.54, 1.807) is 25.1 Å². The highest BCUT2D eigenvalue weighted by atomic mass is 32.2. The van der Waals surface area contributed by atoms with Gasteiger partial charge in [-0.25, -0.2) is 8.42 Å². The lowest BCUT2D eigenvalue weighted by Gasteiger charge is -2.04. The minimum atomic E-state index is -3.11. The number of nitrogens with zero attached hydrogens (tertiary/aromatic N) is 1. The van der Waals surface area contributed by atoms with E-state index in [2.05, 4.69) is 0 Å². The molecule has 0 radical (unpaired) electrons. The summed E-state index contributed by atoms with van der Waals surface area (Å²) in [6, 6.07) is 7.06. The molecule has 0 amide bonds. The lowest BCUT2D eigenvalue weighted by molar-refractivity contribution is 0.597. The van der Waals surface area contributed by atoms with Crippen molar-refractivity contribution in [3.05, 3.63) is 29.8 Å². The maximum absolute atomic E-state index is 11.7. The highest BCUT2D eigenvalue weighted by Gasteiger charge is 2.11. The molecule has 1 rings (SSSR count). The first kappa shape index (κ1) is 14.1. The third-order valence-corrected chi connectivity index (χ3v) is 4.77. The van der Waals surface area contributed by atoms with Crippen LogP contribution in [-0.2, 0) is 16.3 Å². The fourth-order valence-electron chi connectivity index (χ4n) is 1.46. The Morgan fingerprint density at radius 3 is 2.82 bits per heavy atom. The molecule has 0 N–H and O–H groups in total. The Bertz CT molecular complexity index is 503. The molecule has 1 aromatic rings. The molecule has 0 saturated carbocycles. The fraction of sp³-hybridized carbons (Fsp3) is 0.417. The van der Waals surface area contributed by atoms with E-state index in [9.17, 15) is 8.42 Å². The summed E-state index contributed by atoms with van der Waals surface area (Å²) in [5, 5.41) is 10.4. The van der Waals surface area contributed by atoms with Crippen LogP contribution in [0, 0.1) is 10.7 Å². The number of thiocyanates is 1. The van der Waals surface area contributed by atoms with Gasteiger partial charge in [-0.1, -0.05) is 19.1 Å². The molecule has 0 bridgehead atoms. The monoisotopic (exact) mass is 269 g/mol. The number of benzene rings is 1. The van der Waals surface area contributed by atoms with Crippen molar-refractivity contribution in [2.24, 2.45) is 0 Å². The molecular formula is C12H15NO2S2. The molecule has 1 aromatic carbocycles. The van der Waals surface area contributed by atoms with Gasteiger partial charge < -0.3 is 0 Å². The maximum Gasteiger partial charge on any atom is 0.178 e. The molecule has 0 saturated heterocycles. The number of hydrogen-bond donors (Lipinski definition) is 0. The molecule has 0 spiro atoms. The summed E-state index contributed by atoms with van der Waals surface area (Å²) in [7, 11) is -3.11. The first-order valence-corrected chi connectivity index (χ1v) is 8.06. The van der Waals surface area contributed by atoms with Gasteiger partial charge in [-0.2, -0.15) is 5.26 Å². The molecule has 5 heteroatoms. The topological polar surface area (TPSA) is 57.9 Å². The summed E-state index contributed by atoms with van der Waals surface area (Å²) in [6.45, 7) is 1.64. The zero-order valence-corrected chi connectivity index (χ0v) is 11.4. The summed E-state index contributed by atoms with van der Waals surface area (Å²) in [6.07, 6.45) is 1.69. The second-order valence-corrected chi connectivity index (χ2v) is 6.75. The number of thioether (sulfide) groups is 1. The lowest BCUT2D eigenvalue weighted by atomic mass is 10.1. The number of rotatable bonds is 6. The number of sulfone groups is 1. The van der Waals surface area contributed by atoms with Gasteiger partial charge in [-0.15, -0.1) is 0 Å². The van der Waals surface area contributed by atoms with E-state index < -0.39 is 9.84 Å². The standard InChI is InChI=1S/C12H15NO2S2/c1-2-17(14,15)12-7-3-5-11(9-12)6-4-8-16-10-13/h3,5,7,9H,2,4,6,8H2,1H3. The van der Waals surface area contributed by atoms with Gasteiger partial charge >= 0.3 is 0 Å². The van der Waals surface area contributed by atoms with Crippen molar-refractivity contribution >= 4 is 21.6 Å². The Kier molecular flexibility index (Phi) is 5.52. The van der Waals surface area contributed by atoms with Crippen LogP contribution >= 0.6 is 11.8 Å². The third kappa shape index (κ3) is 4.41. The van der Waals surface area contributed by atoms with Gasteiger partial charge in [0.1, 0.15) is 5.40 Å². The molecule has 3 nitrogen and oxygen atoms in total. The molecule has 0 aliphatic rings. The van der Waals surface area contributed by atoms with Crippen molar-refractivity contribution < 1.29 is 8.42 Å². The van der Waals surface area contributed by atoms with E-state index in [1.165, 1.54) is 11.8 Å². The smallest absolute Gasteiger partial charge is 0.178 e. The Balaban J connectivity index is 2.71. The van der Waals surface area contributed by atoms with Crippen LogP contribution in [0.15, 0.2) is 29.2 Å². The molecule has 0 fully saturated rings. The van der Waals surface area contributed by atoms with Gasteiger partial charge in [0.05, 0.1) is 10.6 Å². The van der Waals surface area contributed by atoms with Gasteiger partial charge in [0.2, 0.25) is 0 Å². The highest BCUT2D eigenvalue weighted by molar-refractivity contribution is 8.03. The summed E-state index contributed by atoms with van der Waals surface area (Å²) < 4.78 is 23.4. The van der Waals surface area contributed by atoms with Crippen molar-refractivity contribution in [2.75, 3.05) is 11.5 Å². The lowest BCUT2D eigenvalue weighted by Crippen LogP contribution is -2.04. The van der Waals surface area contributed by atoms with Crippen molar-refractivity contribution in [3.8, 4) is 5.40 Å². The second kappa shape index (κ2) is 6.67. The largest absolute Gasteiger partial charge is 0.224 e. The molecular weight excluding hydrogens is 254 g/mol. The molecule has 0 unspecified atom stereocenters. The molecule has 0 heterocycles. The minimum absolute atomic E-state index is 0.126. The van der Waals surface area contributed by atoms with E-state index in [1.807, 2.05) is 11.5 Å². The third-order valence-electron chi connectivity index (χ3n) is 2.41. The summed E-state index contributed by atoms with van der Waals surface area (Å²) in [4.78, 5) is 0.394. The van der Waals surface area contributed by atoms with Gasteiger partial charge in [0.25, 0.3) is 0 Å². The molecule has 92 valence electrons. The Labute approximate surface area is 107 Å². The fourth-order valence-corrected chi connectivity index (χ4v) is 2.79. The molecule has 0 aromatic heterocycles. The predicted molar refractivity (Wildman–Crippen MR) is 70.6 cm³/mol. The highest BCUT2D eigenvalue weighted by Crippen LogP contribution is 2.15. The SMILES string of the molecule is CCS(=O)(=O)c1cccc(CCCSC#N)c1. The second-order valence-electron chi connectivity index (χ2n) is 3.59. The Morgan fingerprint density at radius 1 is 1.41 bits per heavy atom. The van der Waals surface area contributed by atoms with E-state index in [-0.39, 0.29) is 5.75 Å². The van der Waals surface area contributed by atoms with E-state index >= 15 is 0 Å². The zero-order chi connectivity index (χ0) is 12.7. The van der Waals surface area contributed by atoms with Gasteiger partial charge in [0, 0.05) is 5.75 Å². The molecule has 0 aliphatic carbocycles. The zero-order valence-electron chi connectivity index (χ0n) is 9.72. The summed E-state index contributed by atoms with van der Waals surface area (Å²) >= 11 is 1.23. The number of aryl methyl sites for hydroxylation is 1. The Hall–Kier alpha value is -0.990. The van der Waals surface area contributed by atoms with Gasteiger partial charge in [-0.05, 0) is 42.3 Å². The average Bonchev–Trinajstić information content (AvgIpc) is 2.35. The molecule has 17 heavy (non-hydrogen) atoms. The first-order chi connectivity index (χ1) is 8.10. The minimum Gasteiger partial charge on any atom is -0.224 e. The van der Waals surface area contributed by atoms with E-state index in [0.717, 1.165) is 24.2 Å². The van der Waals surface area contributed by atoms with E-state index in [0.29, 0.717) is 4.90 Å². The number of nitriles is 1. The summed E-state index contributed by atoms with van der Waals surface area (Å²) in [5.41, 5.74) is 1.01. The van der Waals surface area contributed by atoms with Crippen LogP contribution in [0.2, 0.25) is 0 Å². The van der Waals surface area contributed by atoms with Crippen LogP contribution in [0.25, 0.3) is 0 Å². The van der Waals surface area contributed by atoms with Crippen LogP contribution in [0.5, 0.6) is 0 Å². The first-order valence-electron chi connectivity index (χ1n) is 5.42. The van der Waals surface area contributed by atoms with Crippen LogP contribution in [-0.4, -0.2) is 19.9 Å². The summed E-state index contributed by atoms with van der Waals surface area (Å²) in [5.74, 6) is 0.905. The van der Waals surface area contributed by atoms with Crippen LogP contribution in [0.3, 0.4) is 0 Å². The predicted octanol–water partition coefficient (Wildman–Crippen LogP) is 2.63. The van der Waals surface area contributed by atoms with Crippen molar-refractivity contribution in [1.82, 2.24) is 0 Å². The van der Waals surface area contributed by atoms with Gasteiger partial charge in [-0.3, -0.25) is 0 Å². The van der Waals surface area contributed by atoms with Crippen LogP contribution in [0.4, 0.5) is 0 Å². The van der Waals surface area contributed by atoms with Crippen molar-refractivity contribution in [2.45, 2.75) is 24.7 Å². The van der Waals surface area contributed by atoms with Crippen molar-refractivity contribution in [1.29, 1.82) is 5.26 Å². The van der Waals surface area contributed by atoms with E-state index in [4.69, 9.17) is 5.26 Å².